The van der Waals surface area contributed by atoms with Gasteiger partial charge in [-0.25, -0.2) is 4.79 Å². The molecule has 2 fully saturated rings. The van der Waals surface area contributed by atoms with Gasteiger partial charge in [-0.2, -0.15) is 11.3 Å². The first kappa shape index (κ1) is 17.0. The van der Waals surface area contributed by atoms with Crippen LogP contribution in [-0.4, -0.2) is 58.4 Å². The highest BCUT2D eigenvalue weighted by Gasteiger charge is 2.49. The van der Waals surface area contributed by atoms with Crippen molar-refractivity contribution in [1.29, 1.82) is 0 Å². The van der Waals surface area contributed by atoms with E-state index < -0.39 is 12.0 Å². The number of carbonyl (C=O) groups is 3. The maximum absolute atomic E-state index is 12.4. The molecule has 3 rings (SSSR count). The molecule has 2 aliphatic rings. The zero-order valence-electron chi connectivity index (χ0n) is 13.7. The van der Waals surface area contributed by atoms with Gasteiger partial charge in [-0.15, -0.1) is 0 Å². The molecule has 1 N–H and O–H groups in total. The molecule has 2 saturated heterocycles. The first-order valence-electron chi connectivity index (χ1n) is 8.19. The smallest absolute Gasteiger partial charge is 0.326 e. The van der Waals surface area contributed by atoms with Gasteiger partial charge in [0.2, 0.25) is 11.8 Å². The van der Waals surface area contributed by atoms with Crippen molar-refractivity contribution in [3.05, 3.63) is 22.4 Å². The Morgan fingerprint density at radius 2 is 2.04 bits per heavy atom. The van der Waals surface area contributed by atoms with Crippen LogP contribution in [0.5, 0.6) is 0 Å². The summed E-state index contributed by atoms with van der Waals surface area (Å²) >= 11 is 1.59. The zero-order chi connectivity index (χ0) is 17.3. The van der Waals surface area contributed by atoms with Crippen molar-refractivity contribution in [2.75, 3.05) is 19.6 Å². The molecule has 130 valence electrons. The van der Waals surface area contributed by atoms with Crippen LogP contribution in [0.3, 0.4) is 0 Å². The molecule has 7 heteroatoms. The quantitative estimate of drug-likeness (QED) is 0.898. The van der Waals surface area contributed by atoms with E-state index in [4.69, 9.17) is 0 Å². The Balaban J connectivity index is 1.61. The summed E-state index contributed by atoms with van der Waals surface area (Å²) in [6.45, 7) is 3.20. The molecule has 1 spiro atoms. The van der Waals surface area contributed by atoms with Crippen LogP contribution in [0.2, 0.25) is 0 Å². The fraction of sp³-hybridized carbons (Fsp3) is 0.588. The molecule has 24 heavy (non-hydrogen) atoms. The normalized spacial score (nSPS) is 22.8. The number of carboxylic acids is 1. The van der Waals surface area contributed by atoms with Crippen LogP contribution in [-0.2, 0) is 20.8 Å². The topological polar surface area (TPSA) is 77.9 Å². The third-order valence-electron chi connectivity index (χ3n) is 5.31. The summed E-state index contributed by atoms with van der Waals surface area (Å²) in [5.41, 5.74) is 0.883. The molecule has 0 unspecified atom stereocenters. The second-order valence-corrected chi connectivity index (χ2v) is 7.67. The van der Waals surface area contributed by atoms with E-state index in [1.54, 1.807) is 11.3 Å². The molecular weight excluding hydrogens is 328 g/mol. The summed E-state index contributed by atoms with van der Waals surface area (Å²) in [7, 11) is 0. The Kier molecular flexibility index (Phi) is 4.62. The number of thiophene rings is 1. The number of carbonyl (C=O) groups excluding carboxylic acids is 2. The number of hydrogen-bond donors (Lipinski definition) is 1. The number of piperidine rings is 1. The van der Waals surface area contributed by atoms with Crippen LogP contribution >= 0.6 is 11.3 Å². The minimum absolute atomic E-state index is 0.124. The summed E-state index contributed by atoms with van der Waals surface area (Å²) in [5.74, 6) is -0.993. The number of carboxylic acid groups (broad SMARTS) is 1. The fourth-order valence-electron chi connectivity index (χ4n) is 3.88. The van der Waals surface area contributed by atoms with E-state index >= 15 is 0 Å². The van der Waals surface area contributed by atoms with Gasteiger partial charge in [-0.1, -0.05) is 0 Å². The molecule has 2 aliphatic heterocycles. The van der Waals surface area contributed by atoms with Gasteiger partial charge in [0.1, 0.15) is 6.04 Å². The molecule has 6 nitrogen and oxygen atoms in total. The fourth-order valence-corrected chi connectivity index (χ4v) is 4.55. The molecule has 3 heterocycles. The highest BCUT2D eigenvalue weighted by Crippen LogP contribution is 2.43. The molecule has 0 aromatic carbocycles. The minimum Gasteiger partial charge on any atom is -0.480 e. The van der Waals surface area contributed by atoms with Crippen molar-refractivity contribution < 1.29 is 19.5 Å². The maximum atomic E-state index is 12.4. The van der Waals surface area contributed by atoms with Gasteiger partial charge in [0.05, 0.1) is 6.42 Å². The number of likely N-dealkylation sites (tertiary alicyclic amines) is 2. The average Bonchev–Trinajstić information content (AvgIpc) is 3.16. The van der Waals surface area contributed by atoms with Crippen LogP contribution in [0.15, 0.2) is 16.8 Å². The van der Waals surface area contributed by atoms with Crippen molar-refractivity contribution in [1.82, 2.24) is 9.80 Å². The molecule has 0 aliphatic carbocycles. The first-order chi connectivity index (χ1) is 11.4. The maximum Gasteiger partial charge on any atom is 0.326 e. The van der Waals surface area contributed by atoms with Gasteiger partial charge < -0.3 is 14.9 Å². The standard InChI is InChI=1S/C17H22N2O4S/c1-12(20)19-11-17(9-14(19)16(22)23)3-5-18(6-4-17)15(21)8-13-2-7-24-10-13/h2,7,10,14H,3-6,8-9,11H2,1H3,(H,22,23)/t14-/m1/s1. The molecule has 0 bridgehead atoms. The van der Waals surface area contributed by atoms with Crippen LogP contribution in [0.1, 0.15) is 31.7 Å². The van der Waals surface area contributed by atoms with Crippen molar-refractivity contribution in [3.8, 4) is 0 Å². The number of aliphatic carboxylic acids is 1. The lowest BCUT2D eigenvalue weighted by atomic mass is 9.76. The number of hydrogen-bond acceptors (Lipinski definition) is 4. The van der Waals surface area contributed by atoms with Gasteiger partial charge >= 0.3 is 5.97 Å². The number of amides is 2. The molecule has 1 aromatic heterocycles. The van der Waals surface area contributed by atoms with Crippen LogP contribution in [0, 0.1) is 5.41 Å². The number of rotatable bonds is 3. The van der Waals surface area contributed by atoms with Gasteiger partial charge in [0, 0.05) is 26.6 Å². The van der Waals surface area contributed by atoms with Gasteiger partial charge in [0.15, 0.2) is 0 Å². The molecule has 1 aromatic rings. The van der Waals surface area contributed by atoms with Crippen molar-refractivity contribution in [2.45, 2.75) is 38.6 Å². The third-order valence-corrected chi connectivity index (χ3v) is 6.04. The van der Waals surface area contributed by atoms with E-state index in [1.165, 1.54) is 11.8 Å². The molecule has 1 atom stereocenters. The van der Waals surface area contributed by atoms with Gasteiger partial charge in [-0.05, 0) is 47.1 Å². The van der Waals surface area contributed by atoms with Crippen molar-refractivity contribution >= 4 is 29.1 Å². The molecular formula is C17H22N2O4S. The second kappa shape index (κ2) is 6.55. The lowest BCUT2D eigenvalue weighted by Gasteiger charge is -2.39. The van der Waals surface area contributed by atoms with E-state index in [2.05, 4.69) is 0 Å². The molecule has 0 saturated carbocycles. The minimum atomic E-state index is -0.932. The van der Waals surface area contributed by atoms with E-state index in [0.29, 0.717) is 32.5 Å². The lowest BCUT2D eigenvalue weighted by molar-refractivity contribution is -0.147. The van der Waals surface area contributed by atoms with E-state index in [-0.39, 0.29) is 17.2 Å². The Morgan fingerprint density at radius 3 is 2.54 bits per heavy atom. The predicted molar refractivity (Wildman–Crippen MR) is 89.7 cm³/mol. The lowest BCUT2D eigenvalue weighted by Crippen LogP contribution is -2.45. The average molecular weight is 350 g/mol. The number of nitrogens with zero attached hydrogens (tertiary/aromatic N) is 2. The largest absolute Gasteiger partial charge is 0.480 e. The summed E-state index contributed by atoms with van der Waals surface area (Å²) in [5, 5.41) is 13.3. The molecule has 2 amide bonds. The van der Waals surface area contributed by atoms with Crippen molar-refractivity contribution in [2.24, 2.45) is 5.41 Å². The zero-order valence-corrected chi connectivity index (χ0v) is 14.6. The molecule has 0 radical (unpaired) electrons. The summed E-state index contributed by atoms with van der Waals surface area (Å²) in [6.07, 6.45) is 2.44. The summed E-state index contributed by atoms with van der Waals surface area (Å²) in [4.78, 5) is 38.9. The van der Waals surface area contributed by atoms with Gasteiger partial charge in [0.25, 0.3) is 0 Å². The monoisotopic (exact) mass is 350 g/mol. The Hall–Kier alpha value is -1.89. The highest BCUT2D eigenvalue weighted by molar-refractivity contribution is 7.08. The predicted octanol–water partition coefficient (Wildman–Crippen LogP) is 1.60. The summed E-state index contributed by atoms with van der Waals surface area (Å²) in [6, 6.07) is 1.24. The van der Waals surface area contributed by atoms with Crippen LogP contribution in [0.4, 0.5) is 0 Å². The second-order valence-electron chi connectivity index (χ2n) is 6.89. The Labute approximate surface area is 145 Å². The van der Waals surface area contributed by atoms with Crippen LogP contribution < -0.4 is 0 Å². The Bertz CT molecular complexity index is 611. The van der Waals surface area contributed by atoms with E-state index in [1.807, 2.05) is 21.7 Å². The highest BCUT2D eigenvalue weighted by atomic mass is 32.1. The Morgan fingerprint density at radius 1 is 1.33 bits per heavy atom. The van der Waals surface area contributed by atoms with E-state index in [9.17, 15) is 19.5 Å². The summed E-state index contributed by atoms with van der Waals surface area (Å²) < 4.78 is 0. The van der Waals surface area contributed by atoms with Crippen LogP contribution in [0.25, 0.3) is 0 Å². The van der Waals surface area contributed by atoms with E-state index in [0.717, 1.165) is 18.4 Å². The van der Waals surface area contributed by atoms with Crippen molar-refractivity contribution in [3.63, 3.8) is 0 Å². The van der Waals surface area contributed by atoms with Gasteiger partial charge in [-0.3, -0.25) is 9.59 Å². The first-order valence-corrected chi connectivity index (χ1v) is 9.13. The SMILES string of the molecule is CC(=O)N1CC2(CCN(C(=O)Cc3ccsc3)CC2)C[C@@H]1C(=O)O. The third kappa shape index (κ3) is 3.31.